The molecule has 3 N–H and O–H groups in total. The zero-order chi connectivity index (χ0) is 16.9. The van der Waals surface area contributed by atoms with Crippen LogP contribution in [0.1, 0.15) is 48.0 Å². The Morgan fingerprint density at radius 2 is 1.71 bits per heavy atom. The van der Waals surface area contributed by atoms with Crippen LogP contribution in [0.15, 0.2) is 42.5 Å². The fraction of sp³-hybridized carbons (Fsp3) is 0.350. The van der Waals surface area contributed by atoms with E-state index in [0.717, 1.165) is 24.3 Å². The molecule has 0 aliphatic heterocycles. The summed E-state index contributed by atoms with van der Waals surface area (Å²) >= 11 is 0. The third-order valence-electron chi connectivity index (χ3n) is 4.63. The molecule has 4 nitrogen and oxygen atoms in total. The molecule has 0 amide bonds. The summed E-state index contributed by atoms with van der Waals surface area (Å²) in [5, 5.41) is 3.52. The minimum Gasteiger partial charge on any atom is -0.497 e. The van der Waals surface area contributed by atoms with Crippen molar-refractivity contribution in [2.24, 2.45) is 0 Å². The van der Waals surface area contributed by atoms with E-state index in [0.29, 0.717) is 22.9 Å². The summed E-state index contributed by atoms with van der Waals surface area (Å²) in [5.41, 5.74) is 8.93. The standard InChI is InChI=1S/C20H24N2O2/c1-24-17-10-7-14(8-11-17)20(23)15-9-12-18(21)19(13-15)22-16-5-3-2-4-6-16/h7-13,16,22H,2-6,21H2,1H3. The number of carbonyl (C=O) groups excluding carboxylic acids is 1. The molecule has 2 aromatic rings. The molecule has 4 heteroatoms. The minimum absolute atomic E-state index is 0.00986. The van der Waals surface area contributed by atoms with Gasteiger partial charge in [0.15, 0.2) is 5.78 Å². The van der Waals surface area contributed by atoms with Crippen LogP contribution < -0.4 is 15.8 Å². The number of hydrogen-bond donors (Lipinski definition) is 2. The Morgan fingerprint density at radius 3 is 2.38 bits per heavy atom. The highest BCUT2D eigenvalue weighted by Gasteiger charge is 2.16. The molecule has 126 valence electrons. The number of ketones is 1. The maximum absolute atomic E-state index is 12.7. The van der Waals surface area contributed by atoms with Crippen molar-refractivity contribution < 1.29 is 9.53 Å². The van der Waals surface area contributed by atoms with Crippen molar-refractivity contribution in [3.05, 3.63) is 53.6 Å². The molecular weight excluding hydrogens is 300 g/mol. The number of nitrogen functional groups attached to an aromatic ring is 1. The molecule has 0 bridgehead atoms. The van der Waals surface area contributed by atoms with E-state index in [1.165, 1.54) is 19.3 Å². The molecule has 0 heterocycles. The van der Waals surface area contributed by atoms with Crippen molar-refractivity contribution in [3.63, 3.8) is 0 Å². The van der Waals surface area contributed by atoms with Crippen LogP contribution in [0.5, 0.6) is 5.75 Å². The summed E-state index contributed by atoms with van der Waals surface area (Å²) in [5.74, 6) is 0.729. The second-order valence-corrected chi connectivity index (χ2v) is 6.34. The van der Waals surface area contributed by atoms with Gasteiger partial charge in [-0.1, -0.05) is 19.3 Å². The number of hydrogen-bond acceptors (Lipinski definition) is 4. The quantitative estimate of drug-likeness (QED) is 0.637. The number of anilines is 2. The lowest BCUT2D eigenvalue weighted by Gasteiger charge is -2.24. The van der Waals surface area contributed by atoms with Gasteiger partial charge in [0.05, 0.1) is 18.5 Å². The van der Waals surface area contributed by atoms with Crippen LogP contribution in [-0.2, 0) is 0 Å². The Kier molecular flexibility index (Phi) is 5.04. The van der Waals surface area contributed by atoms with Gasteiger partial charge >= 0.3 is 0 Å². The summed E-state index contributed by atoms with van der Waals surface area (Å²) in [6.07, 6.45) is 6.14. The summed E-state index contributed by atoms with van der Waals surface area (Å²) in [6.45, 7) is 0. The first-order chi connectivity index (χ1) is 11.7. The van der Waals surface area contributed by atoms with E-state index in [2.05, 4.69) is 5.32 Å². The molecule has 0 saturated heterocycles. The van der Waals surface area contributed by atoms with Gasteiger partial charge in [0.1, 0.15) is 5.75 Å². The predicted octanol–water partition coefficient (Wildman–Crippen LogP) is 4.25. The van der Waals surface area contributed by atoms with Gasteiger partial charge in [-0.15, -0.1) is 0 Å². The fourth-order valence-corrected chi connectivity index (χ4v) is 3.20. The molecule has 3 rings (SSSR count). The maximum Gasteiger partial charge on any atom is 0.193 e. The zero-order valence-electron chi connectivity index (χ0n) is 14.0. The third-order valence-corrected chi connectivity index (χ3v) is 4.63. The van der Waals surface area contributed by atoms with E-state index in [1.807, 2.05) is 12.1 Å². The number of ether oxygens (including phenoxy) is 1. The van der Waals surface area contributed by atoms with Crippen LogP contribution in [0.4, 0.5) is 11.4 Å². The van der Waals surface area contributed by atoms with E-state index >= 15 is 0 Å². The first-order valence-corrected chi connectivity index (χ1v) is 8.52. The van der Waals surface area contributed by atoms with Crippen LogP contribution in [0.2, 0.25) is 0 Å². The minimum atomic E-state index is -0.00986. The Morgan fingerprint density at radius 1 is 1.04 bits per heavy atom. The van der Waals surface area contributed by atoms with Gasteiger partial charge in [-0.2, -0.15) is 0 Å². The summed E-state index contributed by atoms with van der Waals surface area (Å²) in [4.78, 5) is 12.7. The van der Waals surface area contributed by atoms with E-state index in [1.54, 1.807) is 37.4 Å². The van der Waals surface area contributed by atoms with Gasteiger partial charge in [-0.05, 0) is 55.3 Å². The highest BCUT2D eigenvalue weighted by molar-refractivity contribution is 6.09. The predicted molar refractivity (Wildman–Crippen MR) is 97.8 cm³/mol. The molecule has 24 heavy (non-hydrogen) atoms. The molecule has 1 saturated carbocycles. The lowest BCUT2D eigenvalue weighted by atomic mass is 9.95. The molecule has 0 atom stereocenters. The largest absolute Gasteiger partial charge is 0.497 e. The number of carbonyl (C=O) groups is 1. The Bertz CT molecular complexity index is 704. The van der Waals surface area contributed by atoms with Crippen LogP contribution >= 0.6 is 0 Å². The fourth-order valence-electron chi connectivity index (χ4n) is 3.20. The number of rotatable bonds is 5. The molecule has 1 fully saturated rings. The molecular formula is C20H24N2O2. The lowest BCUT2D eigenvalue weighted by Crippen LogP contribution is -2.23. The molecule has 0 radical (unpaired) electrons. The van der Waals surface area contributed by atoms with Gasteiger partial charge < -0.3 is 15.8 Å². The number of nitrogens with one attached hydrogen (secondary N) is 1. The summed E-state index contributed by atoms with van der Waals surface area (Å²) < 4.78 is 5.14. The van der Waals surface area contributed by atoms with Crippen molar-refractivity contribution in [1.82, 2.24) is 0 Å². The molecule has 2 aromatic carbocycles. The highest BCUT2D eigenvalue weighted by Crippen LogP contribution is 2.27. The van der Waals surface area contributed by atoms with E-state index in [9.17, 15) is 4.79 Å². The number of nitrogens with two attached hydrogens (primary N) is 1. The molecule has 0 aromatic heterocycles. The van der Waals surface area contributed by atoms with Gasteiger partial charge in [0.2, 0.25) is 0 Å². The Balaban J connectivity index is 1.79. The van der Waals surface area contributed by atoms with Gasteiger partial charge in [-0.3, -0.25) is 4.79 Å². The molecule has 1 aliphatic carbocycles. The van der Waals surface area contributed by atoms with Crippen LogP contribution in [0.25, 0.3) is 0 Å². The van der Waals surface area contributed by atoms with Crippen molar-refractivity contribution in [2.45, 2.75) is 38.1 Å². The molecule has 0 spiro atoms. The molecule has 0 unspecified atom stereocenters. The maximum atomic E-state index is 12.7. The topological polar surface area (TPSA) is 64.3 Å². The van der Waals surface area contributed by atoms with Crippen molar-refractivity contribution in [3.8, 4) is 5.75 Å². The second kappa shape index (κ2) is 7.39. The summed E-state index contributed by atoms with van der Waals surface area (Å²) in [6, 6.07) is 13.1. The van der Waals surface area contributed by atoms with Crippen LogP contribution in [0, 0.1) is 0 Å². The van der Waals surface area contributed by atoms with E-state index in [-0.39, 0.29) is 5.78 Å². The van der Waals surface area contributed by atoms with Gasteiger partial charge in [0.25, 0.3) is 0 Å². The van der Waals surface area contributed by atoms with E-state index in [4.69, 9.17) is 10.5 Å². The average Bonchev–Trinajstić information content (AvgIpc) is 2.64. The number of benzene rings is 2. The average molecular weight is 324 g/mol. The first kappa shape index (κ1) is 16.4. The SMILES string of the molecule is COc1ccc(C(=O)c2ccc(N)c(NC3CCCCC3)c2)cc1. The van der Waals surface area contributed by atoms with Crippen molar-refractivity contribution >= 4 is 17.2 Å². The lowest BCUT2D eigenvalue weighted by molar-refractivity contribution is 0.103. The highest BCUT2D eigenvalue weighted by atomic mass is 16.5. The second-order valence-electron chi connectivity index (χ2n) is 6.34. The first-order valence-electron chi connectivity index (χ1n) is 8.52. The number of methoxy groups -OCH3 is 1. The zero-order valence-corrected chi connectivity index (χ0v) is 14.0. The normalized spacial score (nSPS) is 15.0. The summed E-state index contributed by atoms with van der Waals surface area (Å²) in [7, 11) is 1.61. The van der Waals surface area contributed by atoms with Gasteiger partial charge in [0, 0.05) is 17.2 Å². The Labute approximate surface area is 143 Å². The van der Waals surface area contributed by atoms with Crippen molar-refractivity contribution in [1.29, 1.82) is 0 Å². The molecule has 1 aliphatic rings. The third kappa shape index (κ3) is 3.70. The van der Waals surface area contributed by atoms with Gasteiger partial charge in [-0.25, -0.2) is 0 Å². The Hall–Kier alpha value is -2.49. The van der Waals surface area contributed by atoms with Crippen LogP contribution in [-0.4, -0.2) is 18.9 Å². The van der Waals surface area contributed by atoms with E-state index < -0.39 is 0 Å². The van der Waals surface area contributed by atoms with Crippen molar-refractivity contribution in [2.75, 3.05) is 18.2 Å². The van der Waals surface area contributed by atoms with Crippen LogP contribution in [0.3, 0.4) is 0 Å². The smallest absolute Gasteiger partial charge is 0.193 e. The monoisotopic (exact) mass is 324 g/mol.